The van der Waals surface area contributed by atoms with Crippen LogP contribution in [0.3, 0.4) is 0 Å². The molecular formula is C24H23N3O7S. The summed E-state index contributed by atoms with van der Waals surface area (Å²) in [5, 5.41) is 8.16. The Labute approximate surface area is 205 Å². The highest BCUT2D eigenvalue weighted by atomic mass is 32.1. The summed E-state index contributed by atoms with van der Waals surface area (Å²) >= 11 is 1.30. The van der Waals surface area contributed by atoms with Crippen LogP contribution < -0.4 is 29.7 Å². The molecule has 0 atom stereocenters. The lowest BCUT2D eigenvalue weighted by Crippen LogP contribution is -2.34. The molecule has 1 heterocycles. The van der Waals surface area contributed by atoms with Gasteiger partial charge in [0.05, 0.1) is 34.1 Å². The molecule has 10 nitrogen and oxygen atoms in total. The fourth-order valence-corrected chi connectivity index (χ4v) is 3.47. The zero-order chi connectivity index (χ0) is 25.2. The summed E-state index contributed by atoms with van der Waals surface area (Å²) in [6.07, 6.45) is 1.42. The van der Waals surface area contributed by atoms with Gasteiger partial charge in [-0.05, 0) is 53.4 Å². The highest BCUT2D eigenvalue weighted by molar-refractivity contribution is 7.12. The summed E-state index contributed by atoms with van der Waals surface area (Å²) in [6, 6.07) is 13.0. The molecule has 2 amide bonds. The van der Waals surface area contributed by atoms with E-state index in [4.69, 9.17) is 18.9 Å². The van der Waals surface area contributed by atoms with E-state index in [2.05, 4.69) is 15.8 Å². The highest BCUT2D eigenvalue weighted by Crippen LogP contribution is 2.38. The first-order valence-electron chi connectivity index (χ1n) is 10.2. The Hall–Kier alpha value is -4.38. The Morgan fingerprint density at radius 3 is 2.23 bits per heavy atom. The van der Waals surface area contributed by atoms with Gasteiger partial charge < -0.3 is 24.3 Å². The lowest BCUT2D eigenvalue weighted by molar-refractivity contribution is -0.120. The normalized spacial score (nSPS) is 10.5. The van der Waals surface area contributed by atoms with Gasteiger partial charge in [0, 0.05) is 5.56 Å². The standard InChI is InChI=1S/C24H23N3O7S/c1-31-18-11-16(12-19(32-2)22(18)33-3)23(29)25-14-21(28)27-26-13-15-6-8-17(9-7-15)34-24(30)20-5-4-10-35-20/h4-13H,14H2,1-3H3,(H,25,29)(H,27,28). The number of nitrogens with one attached hydrogen (secondary N) is 2. The molecule has 2 N–H and O–H groups in total. The van der Waals surface area contributed by atoms with Crippen LogP contribution in [0.2, 0.25) is 0 Å². The minimum absolute atomic E-state index is 0.232. The number of rotatable bonds is 10. The average molecular weight is 498 g/mol. The fraction of sp³-hybridized carbons (Fsp3) is 0.167. The molecule has 0 aliphatic heterocycles. The van der Waals surface area contributed by atoms with Crippen molar-refractivity contribution >= 4 is 35.3 Å². The third kappa shape index (κ3) is 6.81. The number of carbonyl (C=O) groups excluding carboxylic acids is 3. The largest absolute Gasteiger partial charge is 0.493 e. The van der Waals surface area contributed by atoms with Crippen LogP contribution in [-0.2, 0) is 4.79 Å². The van der Waals surface area contributed by atoms with Crippen molar-refractivity contribution in [2.45, 2.75) is 0 Å². The molecule has 0 saturated heterocycles. The minimum atomic E-state index is -0.525. The summed E-state index contributed by atoms with van der Waals surface area (Å²) in [6.45, 7) is -0.301. The highest BCUT2D eigenvalue weighted by Gasteiger charge is 2.17. The van der Waals surface area contributed by atoms with Gasteiger partial charge in [-0.15, -0.1) is 11.3 Å². The molecule has 11 heteroatoms. The van der Waals surface area contributed by atoms with E-state index in [-0.39, 0.29) is 12.1 Å². The van der Waals surface area contributed by atoms with Gasteiger partial charge in [-0.25, -0.2) is 10.2 Å². The summed E-state index contributed by atoms with van der Waals surface area (Å²) in [5.74, 6) is -0.0787. The maximum atomic E-state index is 12.4. The molecule has 35 heavy (non-hydrogen) atoms. The average Bonchev–Trinajstić information content (AvgIpc) is 3.42. The molecule has 0 aliphatic carbocycles. The van der Waals surface area contributed by atoms with Crippen LogP contribution in [0.5, 0.6) is 23.0 Å². The van der Waals surface area contributed by atoms with Crippen LogP contribution in [0.4, 0.5) is 0 Å². The molecule has 0 bridgehead atoms. The number of benzene rings is 2. The third-order valence-corrected chi connectivity index (χ3v) is 5.40. The van der Waals surface area contributed by atoms with E-state index in [9.17, 15) is 14.4 Å². The summed E-state index contributed by atoms with van der Waals surface area (Å²) in [4.78, 5) is 37.0. The van der Waals surface area contributed by atoms with E-state index in [1.54, 1.807) is 41.8 Å². The summed E-state index contributed by atoms with van der Waals surface area (Å²) in [5.41, 5.74) is 3.23. The predicted octanol–water partition coefficient (Wildman–Crippen LogP) is 2.87. The van der Waals surface area contributed by atoms with E-state index >= 15 is 0 Å². The second-order valence-electron chi connectivity index (χ2n) is 6.83. The van der Waals surface area contributed by atoms with Crippen LogP contribution >= 0.6 is 11.3 Å². The van der Waals surface area contributed by atoms with Crippen molar-refractivity contribution < 1.29 is 33.3 Å². The first-order valence-corrected chi connectivity index (χ1v) is 11.1. The number of nitrogens with zero attached hydrogens (tertiary/aromatic N) is 1. The van der Waals surface area contributed by atoms with Gasteiger partial charge in [0.25, 0.3) is 11.8 Å². The molecule has 0 aliphatic rings. The van der Waals surface area contributed by atoms with Gasteiger partial charge in [0.15, 0.2) is 11.5 Å². The minimum Gasteiger partial charge on any atom is -0.493 e. The van der Waals surface area contributed by atoms with Crippen molar-refractivity contribution in [3.05, 3.63) is 69.9 Å². The number of esters is 1. The lowest BCUT2D eigenvalue weighted by atomic mass is 10.1. The van der Waals surface area contributed by atoms with Crippen LogP contribution in [0.15, 0.2) is 59.0 Å². The van der Waals surface area contributed by atoms with Crippen molar-refractivity contribution in [2.75, 3.05) is 27.9 Å². The van der Waals surface area contributed by atoms with E-state index < -0.39 is 17.8 Å². The van der Waals surface area contributed by atoms with Crippen molar-refractivity contribution in [2.24, 2.45) is 5.10 Å². The van der Waals surface area contributed by atoms with Gasteiger partial charge in [-0.2, -0.15) is 5.10 Å². The number of hydrogen-bond donors (Lipinski definition) is 2. The molecule has 0 unspecified atom stereocenters. The third-order valence-electron chi connectivity index (χ3n) is 4.55. The molecule has 1 aromatic heterocycles. The molecule has 0 fully saturated rings. The molecule has 0 saturated carbocycles. The van der Waals surface area contributed by atoms with Crippen molar-refractivity contribution in [3.8, 4) is 23.0 Å². The Balaban J connectivity index is 1.49. The van der Waals surface area contributed by atoms with Gasteiger partial charge in [-0.3, -0.25) is 9.59 Å². The van der Waals surface area contributed by atoms with E-state index in [0.717, 1.165) is 0 Å². The Morgan fingerprint density at radius 2 is 1.66 bits per heavy atom. The van der Waals surface area contributed by atoms with Gasteiger partial charge in [0.1, 0.15) is 10.6 Å². The van der Waals surface area contributed by atoms with Gasteiger partial charge in [-0.1, -0.05) is 6.07 Å². The number of hydrogen-bond acceptors (Lipinski definition) is 9. The quantitative estimate of drug-likeness (QED) is 0.191. The Morgan fingerprint density at radius 1 is 0.971 bits per heavy atom. The summed E-state index contributed by atoms with van der Waals surface area (Å²) < 4.78 is 21.0. The van der Waals surface area contributed by atoms with Gasteiger partial charge >= 0.3 is 5.97 Å². The van der Waals surface area contributed by atoms with Crippen LogP contribution in [0.25, 0.3) is 0 Å². The molecule has 0 spiro atoms. The van der Waals surface area contributed by atoms with E-state index in [1.165, 1.54) is 51.0 Å². The SMILES string of the molecule is COc1cc(C(=O)NCC(=O)NN=Cc2ccc(OC(=O)c3cccs3)cc2)cc(OC)c1OC. The van der Waals surface area contributed by atoms with Crippen LogP contribution in [-0.4, -0.2) is 51.9 Å². The summed E-state index contributed by atoms with van der Waals surface area (Å²) in [7, 11) is 4.34. The Bertz CT molecular complexity index is 1180. The van der Waals surface area contributed by atoms with Crippen LogP contribution in [0, 0.1) is 0 Å². The maximum Gasteiger partial charge on any atom is 0.353 e. The topological polar surface area (TPSA) is 125 Å². The maximum absolute atomic E-state index is 12.4. The molecule has 3 aromatic rings. The second kappa shape index (κ2) is 12.2. The number of thiophene rings is 1. The zero-order valence-corrected chi connectivity index (χ0v) is 20.0. The van der Waals surface area contributed by atoms with Crippen molar-refractivity contribution in [3.63, 3.8) is 0 Å². The number of ether oxygens (including phenoxy) is 4. The fourth-order valence-electron chi connectivity index (χ4n) is 2.87. The van der Waals surface area contributed by atoms with Gasteiger partial charge in [0.2, 0.25) is 5.75 Å². The Kier molecular flexibility index (Phi) is 8.79. The lowest BCUT2D eigenvalue weighted by Gasteiger charge is -2.14. The molecule has 182 valence electrons. The number of carbonyl (C=O) groups is 3. The van der Waals surface area contributed by atoms with E-state index in [1.807, 2.05) is 0 Å². The first kappa shape index (κ1) is 25.2. The van der Waals surface area contributed by atoms with Crippen molar-refractivity contribution in [1.29, 1.82) is 0 Å². The smallest absolute Gasteiger partial charge is 0.353 e. The van der Waals surface area contributed by atoms with Crippen LogP contribution in [0.1, 0.15) is 25.6 Å². The molecule has 0 radical (unpaired) electrons. The number of hydrazone groups is 1. The molecule has 3 rings (SSSR count). The monoisotopic (exact) mass is 497 g/mol. The molecule has 2 aromatic carbocycles. The number of amides is 2. The van der Waals surface area contributed by atoms with E-state index in [0.29, 0.717) is 33.4 Å². The first-order chi connectivity index (χ1) is 16.9. The number of methoxy groups -OCH3 is 3. The predicted molar refractivity (Wildman–Crippen MR) is 130 cm³/mol. The second-order valence-corrected chi connectivity index (χ2v) is 7.77. The zero-order valence-electron chi connectivity index (χ0n) is 19.2. The molecular weight excluding hydrogens is 474 g/mol. The van der Waals surface area contributed by atoms with Crippen molar-refractivity contribution in [1.82, 2.24) is 10.7 Å².